The Hall–Kier alpha value is -2.80. The Balaban J connectivity index is 1.41. The lowest BCUT2D eigenvalue weighted by molar-refractivity contribution is -0.155. The molecule has 0 aliphatic carbocycles. The van der Waals surface area contributed by atoms with Gasteiger partial charge in [-0.15, -0.1) is 11.8 Å². The number of nitrogens with one attached hydrogen (secondary N) is 1. The summed E-state index contributed by atoms with van der Waals surface area (Å²) >= 11 is 1.60. The molecule has 0 radical (unpaired) electrons. The first-order chi connectivity index (χ1) is 14.0. The molecule has 0 unspecified atom stereocenters. The predicted octanol–water partition coefficient (Wildman–Crippen LogP) is 3.07. The van der Waals surface area contributed by atoms with Crippen LogP contribution in [0.25, 0.3) is 0 Å². The van der Waals surface area contributed by atoms with Crippen LogP contribution in [0.4, 0.5) is 5.69 Å². The number of thioether (sulfide) groups is 1. The van der Waals surface area contributed by atoms with E-state index in [0.717, 1.165) is 11.1 Å². The molecule has 6 nitrogen and oxygen atoms in total. The molecule has 2 heterocycles. The van der Waals surface area contributed by atoms with E-state index in [1.165, 1.54) is 0 Å². The van der Waals surface area contributed by atoms with E-state index in [2.05, 4.69) is 5.32 Å². The molecule has 150 valence electrons. The summed E-state index contributed by atoms with van der Waals surface area (Å²) in [5.41, 5.74) is 2.69. The third kappa shape index (κ3) is 3.74. The van der Waals surface area contributed by atoms with Crippen LogP contribution in [0.15, 0.2) is 54.6 Å². The molecule has 2 amide bonds. The van der Waals surface area contributed by atoms with Crippen molar-refractivity contribution < 1.29 is 19.1 Å². The first-order valence-corrected chi connectivity index (χ1v) is 10.5. The molecule has 2 aliphatic rings. The number of hydrogen-bond donors (Lipinski definition) is 1. The summed E-state index contributed by atoms with van der Waals surface area (Å²) in [4.78, 5) is 38.6. The molecular formula is C22H22N2O4S. The van der Waals surface area contributed by atoms with Crippen LogP contribution in [0.2, 0.25) is 0 Å². The fraction of sp³-hybridized carbons (Fsp3) is 0.318. The van der Waals surface area contributed by atoms with Crippen molar-refractivity contribution in [2.75, 3.05) is 17.7 Å². The normalized spacial score (nSPS) is 23.0. The molecule has 0 spiro atoms. The zero-order chi connectivity index (χ0) is 20.4. The number of benzene rings is 2. The molecule has 0 saturated carbocycles. The van der Waals surface area contributed by atoms with E-state index in [0.29, 0.717) is 24.3 Å². The largest absolute Gasteiger partial charge is 0.454 e. The van der Waals surface area contributed by atoms with Gasteiger partial charge in [-0.25, -0.2) is 4.79 Å². The number of carbonyl (C=O) groups excluding carboxylic acids is 3. The zero-order valence-corrected chi connectivity index (χ0v) is 16.9. The van der Waals surface area contributed by atoms with Gasteiger partial charge in [0.2, 0.25) is 5.91 Å². The number of esters is 1. The molecule has 1 N–H and O–H groups in total. The van der Waals surface area contributed by atoms with Gasteiger partial charge in [-0.3, -0.25) is 9.59 Å². The number of ether oxygens (including phenoxy) is 1. The number of amides is 2. The van der Waals surface area contributed by atoms with Gasteiger partial charge in [-0.05, 0) is 36.6 Å². The van der Waals surface area contributed by atoms with Crippen molar-refractivity contribution in [1.29, 1.82) is 0 Å². The molecular weight excluding hydrogens is 388 g/mol. The number of nitrogens with zero attached hydrogens (tertiary/aromatic N) is 1. The number of rotatable bonds is 5. The second kappa shape index (κ2) is 7.91. The first-order valence-electron chi connectivity index (χ1n) is 9.54. The molecule has 29 heavy (non-hydrogen) atoms. The monoisotopic (exact) mass is 410 g/mol. The minimum atomic E-state index is -0.679. The van der Waals surface area contributed by atoms with Crippen LogP contribution in [-0.2, 0) is 24.0 Å². The van der Waals surface area contributed by atoms with Crippen LogP contribution in [0, 0.1) is 6.92 Å². The molecule has 0 bridgehead atoms. The van der Waals surface area contributed by atoms with Crippen LogP contribution in [0.3, 0.4) is 0 Å². The molecule has 2 saturated heterocycles. The third-order valence-corrected chi connectivity index (χ3v) is 6.87. The highest BCUT2D eigenvalue weighted by Gasteiger charge is 2.57. The Labute approximate surface area is 173 Å². The number of aryl methyl sites for hydroxylation is 1. The van der Waals surface area contributed by atoms with Crippen molar-refractivity contribution in [2.24, 2.45) is 0 Å². The van der Waals surface area contributed by atoms with Gasteiger partial charge in [0.05, 0.1) is 0 Å². The summed E-state index contributed by atoms with van der Waals surface area (Å²) in [7, 11) is 0. The zero-order valence-electron chi connectivity index (χ0n) is 16.1. The average molecular weight is 410 g/mol. The van der Waals surface area contributed by atoms with E-state index in [1.807, 2.05) is 55.5 Å². The third-order valence-electron chi connectivity index (χ3n) is 5.27. The Morgan fingerprint density at radius 1 is 1.21 bits per heavy atom. The summed E-state index contributed by atoms with van der Waals surface area (Å²) in [5, 5.41) is 2.72. The molecule has 0 aromatic heterocycles. The lowest BCUT2D eigenvalue weighted by atomic mass is 10.0. The van der Waals surface area contributed by atoms with Crippen molar-refractivity contribution in [2.45, 2.75) is 30.7 Å². The summed E-state index contributed by atoms with van der Waals surface area (Å²) in [5.74, 6) is -0.537. The van der Waals surface area contributed by atoms with Gasteiger partial charge in [0.15, 0.2) is 6.61 Å². The fourth-order valence-corrected chi connectivity index (χ4v) is 5.60. The van der Waals surface area contributed by atoms with Crippen LogP contribution in [0.1, 0.15) is 24.0 Å². The van der Waals surface area contributed by atoms with E-state index >= 15 is 0 Å². The van der Waals surface area contributed by atoms with Crippen LogP contribution < -0.4 is 5.32 Å². The van der Waals surface area contributed by atoms with Crippen molar-refractivity contribution in [3.8, 4) is 0 Å². The highest BCUT2D eigenvalue weighted by molar-refractivity contribution is 8.00. The average Bonchev–Trinajstić information content (AvgIpc) is 3.26. The second-order valence-electron chi connectivity index (χ2n) is 7.27. The Morgan fingerprint density at radius 3 is 2.76 bits per heavy atom. The van der Waals surface area contributed by atoms with Crippen LogP contribution in [-0.4, -0.2) is 41.1 Å². The van der Waals surface area contributed by atoms with Gasteiger partial charge in [0.1, 0.15) is 10.9 Å². The van der Waals surface area contributed by atoms with Crippen LogP contribution in [0.5, 0.6) is 0 Å². The molecule has 2 aromatic rings. The van der Waals surface area contributed by atoms with Gasteiger partial charge < -0.3 is 15.0 Å². The maximum Gasteiger partial charge on any atom is 0.330 e. The fourth-order valence-electron chi connectivity index (χ4n) is 3.97. The number of carbonyl (C=O) groups is 3. The summed E-state index contributed by atoms with van der Waals surface area (Å²) < 4.78 is 5.27. The highest BCUT2D eigenvalue weighted by Crippen LogP contribution is 2.54. The number of hydrogen-bond acceptors (Lipinski definition) is 5. The lowest BCUT2D eigenvalue weighted by Crippen LogP contribution is -2.47. The standard InChI is InChI=1S/C22H22N2O4S/c1-15-6-5-9-17(12-15)23-19(25)13-28-21(27)18-14-29-22(11-10-20(26)24(18)22)16-7-3-2-4-8-16/h2-9,12,18H,10-11,13-14H2,1H3,(H,23,25)/t18-,22-/m1/s1. The second-order valence-corrected chi connectivity index (χ2v) is 8.56. The predicted molar refractivity (Wildman–Crippen MR) is 111 cm³/mol. The molecule has 7 heteroatoms. The molecule has 2 atom stereocenters. The van der Waals surface area contributed by atoms with E-state index in [1.54, 1.807) is 22.7 Å². The summed E-state index contributed by atoms with van der Waals surface area (Å²) in [6.07, 6.45) is 1.07. The Morgan fingerprint density at radius 2 is 2.00 bits per heavy atom. The van der Waals surface area contributed by atoms with Gasteiger partial charge in [0.25, 0.3) is 5.91 Å². The molecule has 2 fully saturated rings. The Bertz CT molecular complexity index is 949. The summed E-state index contributed by atoms with van der Waals surface area (Å²) in [6.45, 7) is 1.55. The minimum absolute atomic E-state index is 0.0509. The highest BCUT2D eigenvalue weighted by atomic mass is 32.2. The maximum atomic E-state index is 12.7. The van der Waals surface area contributed by atoms with Gasteiger partial charge in [0, 0.05) is 17.9 Å². The van der Waals surface area contributed by atoms with E-state index in [9.17, 15) is 14.4 Å². The SMILES string of the molecule is Cc1cccc(NC(=O)COC(=O)[C@H]2CS[C@@]3(c4ccccc4)CCC(=O)N23)c1. The number of anilines is 1. The van der Waals surface area contributed by atoms with Crippen LogP contribution >= 0.6 is 11.8 Å². The van der Waals surface area contributed by atoms with Gasteiger partial charge >= 0.3 is 5.97 Å². The van der Waals surface area contributed by atoms with Gasteiger partial charge in [-0.2, -0.15) is 0 Å². The maximum absolute atomic E-state index is 12.7. The topological polar surface area (TPSA) is 75.7 Å². The quantitative estimate of drug-likeness (QED) is 0.767. The van der Waals surface area contributed by atoms with Gasteiger partial charge in [-0.1, -0.05) is 42.5 Å². The Kier molecular flexibility index (Phi) is 5.32. The molecule has 4 rings (SSSR count). The molecule has 2 aliphatic heterocycles. The first kappa shape index (κ1) is 19.5. The van der Waals surface area contributed by atoms with E-state index in [4.69, 9.17) is 4.74 Å². The summed E-state index contributed by atoms with van der Waals surface area (Å²) in [6, 6.07) is 16.5. The molecule has 2 aromatic carbocycles. The smallest absolute Gasteiger partial charge is 0.330 e. The van der Waals surface area contributed by atoms with E-state index in [-0.39, 0.29) is 12.5 Å². The van der Waals surface area contributed by atoms with Crippen molar-refractivity contribution in [3.63, 3.8) is 0 Å². The minimum Gasteiger partial charge on any atom is -0.454 e. The van der Waals surface area contributed by atoms with Crippen molar-refractivity contribution in [3.05, 3.63) is 65.7 Å². The van der Waals surface area contributed by atoms with Crippen molar-refractivity contribution in [1.82, 2.24) is 4.90 Å². The lowest BCUT2D eigenvalue weighted by Gasteiger charge is -2.33. The van der Waals surface area contributed by atoms with Crippen molar-refractivity contribution >= 4 is 35.2 Å². The number of fused-ring (bicyclic) bond motifs is 1. The van der Waals surface area contributed by atoms with E-state index < -0.39 is 22.8 Å².